The van der Waals surface area contributed by atoms with Crippen molar-refractivity contribution in [1.29, 1.82) is 0 Å². The first-order valence-corrected chi connectivity index (χ1v) is 19.3. The third-order valence-electron chi connectivity index (χ3n) is 12.5. The molecule has 10 aliphatic carbocycles. The molecule has 43 heavy (non-hydrogen) atoms. The van der Waals surface area contributed by atoms with Crippen LogP contribution in [0.15, 0.2) is 52.6 Å². The molecule has 0 aromatic carbocycles. The molecule has 10 aliphatic rings. The van der Waals surface area contributed by atoms with Crippen molar-refractivity contribution >= 4 is 9.24 Å². The van der Waals surface area contributed by atoms with Gasteiger partial charge in [-0.25, -0.2) is 0 Å². The van der Waals surface area contributed by atoms with Gasteiger partial charge in [-0.15, -0.1) is 61.9 Å². The quantitative estimate of drug-likeness (QED) is 0.189. The van der Waals surface area contributed by atoms with Crippen LogP contribution in [0.4, 0.5) is 0 Å². The average Bonchev–Trinajstić information content (AvgIpc) is 3.65. The predicted octanol–water partition coefficient (Wildman–Crippen LogP) is 13.9. The molecule has 0 spiro atoms. The molecule has 0 aromatic rings. The van der Waals surface area contributed by atoms with Crippen molar-refractivity contribution in [2.24, 2.45) is 58.7 Å². The smallest absolute Gasteiger partial charge is 0.0264 e. The molecule has 0 amide bonds. The lowest BCUT2D eigenvalue weighted by atomic mass is 9.50. The number of fused-ring (bicyclic) bond motifs is 5. The van der Waals surface area contributed by atoms with E-state index in [-0.39, 0.29) is 0 Å². The molecule has 0 aliphatic heterocycles. The van der Waals surface area contributed by atoms with Crippen LogP contribution in [0.2, 0.25) is 0 Å². The summed E-state index contributed by atoms with van der Waals surface area (Å²) in [7, 11) is 2.91. The van der Waals surface area contributed by atoms with E-state index in [4.69, 9.17) is 0 Å². The largest absolute Gasteiger partial charge is 0.134 e. The third kappa shape index (κ3) is 13.3. The van der Waals surface area contributed by atoms with Gasteiger partial charge in [-0.05, 0) is 154 Å². The van der Waals surface area contributed by atoms with E-state index in [1.807, 2.05) is 0 Å². The zero-order chi connectivity index (χ0) is 32.4. The second-order valence-corrected chi connectivity index (χ2v) is 16.7. The Morgan fingerprint density at radius 2 is 0.837 bits per heavy atom. The first-order chi connectivity index (χ1) is 20.8. The lowest BCUT2D eigenvalue weighted by Gasteiger charge is -2.55. The summed E-state index contributed by atoms with van der Waals surface area (Å²) in [6.45, 7) is 31.4. The fourth-order valence-corrected chi connectivity index (χ4v) is 11.4. The summed E-state index contributed by atoms with van der Waals surface area (Å²) in [6, 6.07) is 0. The maximum atomic E-state index is 3.00. The van der Waals surface area contributed by atoms with Gasteiger partial charge in [0.1, 0.15) is 0 Å². The van der Waals surface area contributed by atoms with Crippen molar-refractivity contribution < 1.29 is 0 Å². The first-order valence-electron chi connectivity index (χ1n) is 18.6. The summed E-state index contributed by atoms with van der Waals surface area (Å²) in [6.07, 6.45) is 30.7. The van der Waals surface area contributed by atoms with E-state index in [1.54, 1.807) is 96.3 Å². The fraction of sp³-hybridized carbons (Fsp3) is 0.810. The summed E-state index contributed by atoms with van der Waals surface area (Å²) in [5.74, 6) is 10.1. The van der Waals surface area contributed by atoms with Gasteiger partial charge in [0.15, 0.2) is 0 Å². The van der Waals surface area contributed by atoms with Crippen molar-refractivity contribution in [3.63, 3.8) is 0 Å². The van der Waals surface area contributed by atoms with E-state index in [2.05, 4.69) is 82.6 Å². The summed E-state index contributed by atoms with van der Waals surface area (Å²) < 4.78 is 0. The molecular weight excluding hydrogens is 535 g/mol. The molecule has 1 heteroatoms. The molecule has 10 saturated carbocycles. The minimum Gasteiger partial charge on any atom is -0.134 e. The highest BCUT2D eigenvalue weighted by atomic mass is 31.0. The second kappa shape index (κ2) is 22.0. The van der Waals surface area contributed by atoms with Crippen molar-refractivity contribution in [3.8, 4) is 0 Å². The van der Waals surface area contributed by atoms with Crippen LogP contribution in [0.5, 0.6) is 0 Å². The van der Waals surface area contributed by atoms with Crippen LogP contribution in [0.3, 0.4) is 0 Å². The van der Waals surface area contributed by atoms with Crippen LogP contribution in [-0.2, 0) is 0 Å². The molecule has 5 atom stereocenters. The molecule has 10 fully saturated rings. The molecule has 0 heterocycles. The molecule has 0 radical (unpaired) electrons. The Hall–Kier alpha value is -0.610. The van der Waals surface area contributed by atoms with Gasteiger partial charge in [0.25, 0.3) is 0 Å². The predicted molar refractivity (Wildman–Crippen MR) is 202 cm³/mol. The SMILES string of the molecule is C=C.C=C.C=C.C=C.CC12CC3CC(CC(C3)C1)C2.CC1CC2CCC1C2.CC1CC2CCC1CC2.PC1CCCCC1. The second-order valence-electron chi connectivity index (χ2n) is 15.8. The monoisotopic (exact) mass is 613 g/mol. The topological polar surface area (TPSA) is 0 Å². The Morgan fingerprint density at radius 1 is 0.442 bits per heavy atom. The lowest BCUT2D eigenvalue weighted by Crippen LogP contribution is -2.44. The van der Waals surface area contributed by atoms with E-state index in [0.717, 1.165) is 64.3 Å². The summed E-state index contributed by atoms with van der Waals surface area (Å²) in [5.41, 5.74) is 1.75. The number of hydrogen-bond acceptors (Lipinski definition) is 0. The van der Waals surface area contributed by atoms with Gasteiger partial charge in [0, 0.05) is 0 Å². The maximum Gasteiger partial charge on any atom is -0.0264 e. The summed E-state index contributed by atoms with van der Waals surface area (Å²) in [4.78, 5) is 0. The van der Waals surface area contributed by atoms with Crippen molar-refractivity contribution in [3.05, 3.63) is 52.6 Å². The molecule has 5 unspecified atom stereocenters. The van der Waals surface area contributed by atoms with E-state index in [1.165, 1.54) is 32.1 Å². The Kier molecular flexibility index (Phi) is 20.7. The standard InChI is InChI=1S/C11H18.C9H16.C8H14.C6H13P.4C2H4/c1-11-5-8-2-9(6-11)4-10(3-8)7-11;1-7-6-8-2-4-9(7)5-3-8;1-6-4-7-2-3-8(6)5-7;7-6-4-2-1-3-5-6;4*1-2/h8-10H,2-7H2,1H3;7-9H,2-6H2,1H3;6-8H,2-5H2,1H3;6H,1-5,7H2;4*1-2H2. The van der Waals surface area contributed by atoms with E-state index < -0.39 is 0 Å². The van der Waals surface area contributed by atoms with Gasteiger partial charge in [-0.3, -0.25) is 0 Å². The Balaban J connectivity index is 0.000000269. The lowest BCUT2D eigenvalue weighted by molar-refractivity contribution is -0.0411. The fourth-order valence-electron chi connectivity index (χ4n) is 11.0. The highest BCUT2D eigenvalue weighted by Crippen LogP contribution is 2.59. The number of rotatable bonds is 0. The molecule has 0 nitrogen and oxygen atoms in total. The van der Waals surface area contributed by atoms with E-state index >= 15 is 0 Å². The van der Waals surface area contributed by atoms with Crippen LogP contribution in [0.25, 0.3) is 0 Å². The van der Waals surface area contributed by atoms with Gasteiger partial charge in [-0.1, -0.05) is 59.3 Å². The zero-order valence-electron chi connectivity index (χ0n) is 29.6. The highest BCUT2D eigenvalue weighted by Gasteiger charge is 2.48. The minimum atomic E-state index is 0.800. The van der Waals surface area contributed by atoms with Crippen molar-refractivity contribution in [2.45, 2.75) is 155 Å². The van der Waals surface area contributed by atoms with Gasteiger partial charge in [0.05, 0.1) is 0 Å². The average molecular weight is 613 g/mol. The molecule has 250 valence electrons. The normalized spacial score (nSPS) is 40.1. The van der Waals surface area contributed by atoms with E-state index in [9.17, 15) is 0 Å². The van der Waals surface area contributed by atoms with Crippen LogP contribution < -0.4 is 0 Å². The molecular formula is C42H77P. The molecule has 0 saturated heterocycles. The Bertz CT molecular complexity index is 652. The van der Waals surface area contributed by atoms with Crippen LogP contribution in [-0.4, -0.2) is 5.66 Å². The Labute approximate surface area is 274 Å². The molecule has 10 rings (SSSR count). The molecule has 8 bridgehead atoms. The third-order valence-corrected chi connectivity index (χ3v) is 13.2. The van der Waals surface area contributed by atoms with Crippen LogP contribution in [0, 0.1) is 58.7 Å². The van der Waals surface area contributed by atoms with E-state index in [0.29, 0.717) is 0 Å². The van der Waals surface area contributed by atoms with Gasteiger partial charge in [-0.2, -0.15) is 0 Å². The Morgan fingerprint density at radius 3 is 1.05 bits per heavy atom. The van der Waals surface area contributed by atoms with Gasteiger partial charge < -0.3 is 0 Å². The minimum absolute atomic E-state index is 0.800. The van der Waals surface area contributed by atoms with Crippen LogP contribution in [0.1, 0.15) is 149 Å². The summed E-state index contributed by atoms with van der Waals surface area (Å²) >= 11 is 0. The van der Waals surface area contributed by atoms with Crippen LogP contribution >= 0.6 is 9.24 Å². The van der Waals surface area contributed by atoms with Crippen molar-refractivity contribution in [2.75, 3.05) is 0 Å². The summed E-state index contributed by atoms with van der Waals surface area (Å²) in [5, 5.41) is 0. The maximum absolute atomic E-state index is 3.00. The van der Waals surface area contributed by atoms with Gasteiger partial charge >= 0.3 is 0 Å². The number of hydrogen-bond donors (Lipinski definition) is 0. The first kappa shape index (κ1) is 40.4. The molecule has 0 aromatic heterocycles. The highest BCUT2D eigenvalue weighted by molar-refractivity contribution is 7.17. The molecule has 0 N–H and O–H groups in total. The van der Waals surface area contributed by atoms with Crippen molar-refractivity contribution in [1.82, 2.24) is 0 Å². The van der Waals surface area contributed by atoms with Gasteiger partial charge in [0.2, 0.25) is 0 Å². The zero-order valence-corrected chi connectivity index (χ0v) is 30.8.